The fourth-order valence-corrected chi connectivity index (χ4v) is 2.98. The molecule has 3 nitrogen and oxygen atoms in total. The zero-order chi connectivity index (χ0) is 18.7. The maximum absolute atomic E-state index is 12.5. The Hall–Kier alpha value is -2.25. The molecule has 26 heavy (non-hydrogen) atoms. The Balaban J connectivity index is 1.53. The average molecular weight is 398 g/mol. The van der Waals surface area contributed by atoms with E-state index >= 15 is 0 Å². The molecule has 0 fully saturated rings. The van der Waals surface area contributed by atoms with Crippen LogP contribution < -0.4 is 10.6 Å². The van der Waals surface area contributed by atoms with Gasteiger partial charge in [0.05, 0.1) is 5.56 Å². The van der Waals surface area contributed by atoms with Gasteiger partial charge in [-0.15, -0.1) is 0 Å². The second-order valence-electron chi connectivity index (χ2n) is 5.71. The van der Waals surface area contributed by atoms with Gasteiger partial charge in [-0.3, -0.25) is 0 Å². The number of benzene rings is 2. The number of nitrogens with one attached hydrogen (secondary N) is 3. The first-order valence-electron chi connectivity index (χ1n) is 7.80. The van der Waals surface area contributed by atoms with Gasteiger partial charge in [-0.05, 0) is 66.7 Å². The molecule has 0 bridgehead atoms. The van der Waals surface area contributed by atoms with Crippen molar-refractivity contribution in [2.45, 2.75) is 12.6 Å². The van der Waals surface area contributed by atoms with E-state index in [1.165, 1.54) is 12.1 Å². The first-order valence-corrected chi connectivity index (χ1v) is 8.59. The second-order valence-corrected chi connectivity index (χ2v) is 6.55. The summed E-state index contributed by atoms with van der Waals surface area (Å²) in [5.74, 6) is 0. The number of aromatic amines is 1. The summed E-state index contributed by atoms with van der Waals surface area (Å²) in [5, 5.41) is 7.99. The van der Waals surface area contributed by atoms with Crippen molar-refractivity contribution < 1.29 is 13.2 Å². The molecule has 2 aromatic carbocycles. The van der Waals surface area contributed by atoms with Gasteiger partial charge >= 0.3 is 6.18 Å². The molecule has 0 atom stereocenters. The van der Waals surface area contributed by atoms with Crippen LogP contribution in [0.1, 0.15) is 11.1 Å². The molecule has 0 radical (unpaired) electrons. The summed E-state index contributed by atoms with van der Waals surface area (Å²) in [6, 6.07) is 10.4. The molecule has 1 heterocycles. The molecule has 0 spiro atoms. The van der Waals surface area contributed by atoms with Crippen molar-refractivity contribution in [3.05, 3.63) is 64.8 Å². The number of hydrogen-bond donors (Lipinski definition) is 3. The first kappa shape index (κ1) is 18.5. The average Bonchev–Trinajstić information content (AvgIpc) is 2.97. The van der Waals surface area contributed by atoms with Crippen LogP contribution in [-0.4, -0.2) is 16.6 Å². The summed E-state index contributed by atoms with van der Waals surface area (Å²) in [6.45, 7) is 0.575. The van der Waals surface area contributed by atoms with E-state index in [9.17, 15) is 13.2 Å². The predicted molar refractivity (Wildman–Crippen MR) is 103 cm³/mol. The van der Waals surface area contributed by atoms with Gasteiger partial charge < -0.3 is 15.6 Å². The number of thiocarbonyl (C=S) groups is 1. The molecule has 0 aliphatic rings. The van der Waals surface area contributed by atoms with E-state index in [2.05, 4.69) is 15.6 Å². The van der Waals surface area contributed by atoms with Gasteiger partial charge in [0.15, 0.2) is 5.11 Å². The van der Waals surface area contributed by atoms with Gasteiger partial charge in [-0.1, -0.05) is 11.6 Å². The van der Waals surface area contributed by atoms with Gasteiger partial charge in [-0.25, -0.2) is 0 Å². The number of fused-ring (bicyclic) bond motifs is 1. The highest BCUT2D eigenvalue weighted by atomic mass is 35.5. The quantitative estimate of drug-likeness (QED) is 0.518. The second kappa shape index (κ2) is 7.55. The summed E-state index contributed by atoms with van der Waals surface area (Å²) >= 11 is 11.2. The molecule has 0 unspecified atom stereocenters. The van der Waals surface area contributed by atoms with Gasteiger partial charge in [-0.2, -0.15) is 13.2 Å². The van der Waals surface area contributed by atoms with Crippen molar-refractivity contribution in [1.29, 1.82) is 0 Å². The summed E-state index contributed by atoms with van der Waals surface area (Å²) in [6.07, 6.45) is -1.70. The van der Waals surface area contributed by atoms with E-state index in [1.54, 1.807) is 0 Å². The normalized spacial score (nSPS) is 11.5. The monoisotopic (exact) mass is 397 g/mol. The number of halogens is 4. The SMILES string of the molecule is FC(F)(F)c1ccc(NC(=S)NCCc2c[nH]c3ccc(Cl)cc23)cc1. The number of hydrogen-bond acceptors (Lipinski definition) is 1. The molecule has 3 aromatic rings. The minimum Gasteiger partial charge on any atom is -0.362 e. The van der Waals surface area contributed by atoms with Gasteiger partial charge in [0.2, 0.25) is 0 Å². The van der Waals surface area contributed by atoms with E-state index < -0.39 is 11.7 Å². The molecule has 0 aliphatic heterocycles. The standard InChI is InChI=1S/C18H15ClF3N3S/c19-13-3-6-16-15(9-13)11(10-24-16)7-8-23-17(26)25-14-4-1-12(2-5-14)18(20,21)22/h1-6,9-10,24H,7-8H2,(H2,23,25,26). The Morgan fingerprint density at radius 2 is 1.85 bits per heavy atom. The molecule has 136 valence electrons. The summed E-state index contributed by atoms with van der Waals surface area (Å²) in [7, 11) is 0. The lowest BCUT2D eigenvalue weighted by atomic mass is 10.1. The number of aromatic nitrogens is 1. The third-order valence-electron chi connectivity index (χ3n) is 3.88. The van der Waals surface area contributed by atoms with Gasteiger partial charge in [0.1, 0.15) is 0 Å². The van der Waals surface area contributed by atoms with Crippen molar-refractivity contribution in [2.24, 2.45) is 0 Å². The fraction of sp³-hybridized carbons (Fsp3) is 0.167. The fourth-order valence-electron chi connectivity index (χ4n) is 2.59. The van der Waals surface area contributed by atoms with Crippen LogP contribution in [0.15, 0.2) is 48.7 Å². The largest absolute Gasteiger partial charge is 0.416 e. The minimum absolute atomic E-state index is 0.350. The van der Waals surface area contributed by atoms with E-state index in [4.69, 9.17) is 23.8 Å². The van der Waals surface area contributed by atoms with Crippen molar-refractivity contribution in [3.63, 3.8) is 0 Å². The molecule has 1 aromatic heterocycles. The molecule has 8 heteroatoms. The van der Waals surface area contributed by atoms with Gasteiger partial charge in [0.25, 0.3) is 0 Å². The molecular weight excluding hydrogens is 383 g/mol. The number of anilines is 1. The third-order valence-corrected chi connectivity index (χ3v) is 4.36. The number of H-pyrrole nitrogens is 1. The number of alkyl halides is 3. The van der Waals surface area contributed by atoms with Crippen LogP contribution in [0.2, 0.25) is 5.02 Å². The Morgan fingerprint density at radius 3 is 2.54 bits per heavy atom. The highest BCUT2D eigenvalue weighted by Crippen LogP contribution is 2.29. The summed E-state index contributed by atoms with van der Waals surface area (Å²) < 4.78 is 37.6. The molecule has 3 N–H and O–H groups in total. The van der Waals surface area contributed by atoms with Crippen LogP contribution in [0, 0.1) is 0 Å². The van der Waals surface area contributed by atoms with Crippen LogP contribution in [0.3, 0.4) is 0 Å². The predicted octanol–water partition coefficient (Wildman–Crippen LogP) is 5.37. The Kier molecular flexibility index (Phi) is 5.38. The van der Waals surface area contributed by atoms with Crippen LogP contribution in [0.4, 0.5) is 18.9 Å². The van der Waals surface area contributed by atoms with Crippen LogP contribution in [-0.2, 0) is 12.6 Å². The molecule has 0 saturated heterocycles. The lowest BCUT2D eigenvalue weighted by Gasteiger charge is -2.12. The van der Waals surface area contributed by atoms with E-state index in [-0.39, 0.29) is 0 Å². The Morgan fingerprint density at radius 1 is 1.12 bits per heavy atom. The lowest BCUT2D eigenvalue weighted by Crippen LogP contribution is -2.30. The summed E-state index contributed by atoms with van der Waals surface area (Å²) in [4.78, 5) is 3.18. The molecule has 3 rings (SSSR count). The maximum atomic E-state index is 12.5. The Labute approximate surface area is 158 Å². The van der Waals surface area contributed by atoms with Gasteiger partial charge in [0, 0.05) is 34.4 Å². The first-order chi connectivity index (χ1) is 12.3. The maximum Gasteiger partial charge on any atom is 0.416 e. The van der Waals surface area contributed by atoms with Crippen LogP contribution >= 0.6 is 23.8 Å². The topological polar surface area (TPSA) is 39.8 Å². The van der Waals surface area contributed by atoms with Crippen molar-refractivity contribution >= 4 is 45.5 Å². The third kappa shape index (κ3) is 4.47. The molecule has 0 aliphatic carbocycles. The van der Waals surface area contributed by atoms with Crippen molar-refractivity contribution in [3.8, 4) is 0 Å². The van der Waals surface area contributed by atoms with Crippen LogP contribution in [0.5, 0.6) is 0 Å². The smallest absolute Gasteiger partial charge is 0.362 e. The highest BCUT2D eigenvalue weighted by Gasteiger charge is 2.29. The highest BCUT2D eigenvalue weighted by molar-refractivity contribution is 7.80. The number of rotatable bonds is 4. The molecular formula is C18H15ClF3N3S. The zero-order valence-corrected chi connectivity index (χ0v) is 15.0. The van der Waals surface area contributed by atoms with Crippen molar-refractivity contribution in [1.82, 2.24) is 10.3 Å². The van der Waals surface area contributed by atoms with E-state index in [1.807, 2.05) is 24.4 Å². The lowest BCUT2D eigenvalue weighted by molar-refractivity contribution is -0.137. The molecule has 0 amide bonds. The zero-order valence-electron chi connectivity index (χ0n) is 13.5. The van der Waals surface area contributed by atoms with Crippen LogP contribution in [0.25, 0.3) is 10.9 Å². The van der Waals surface area contributed by atoms with E-state index in [0.717, 1.165) is 35.0 Å². The van der Waals surface area contributed by atoms with Crippen molar-refractivity contribution in [2.75, 3.05) is 11.9 Å². The van der Waals surface area contributed by atoms with E-state index in [0.29, 0.717) is 22.4 Å². The summed E-state index contributed by atoms with van der Waals surface area (Å²) in [5.41, 5.74) is 1.91. The molecule has 0 saturated carbocycles. The Bertz CT molecular complexity index is 920. The minimum atomic E-state index is -4.35.